The largest absolute Gasteiger partial charge is 0.320 e. The van der Waals surface area contributed by atoms with Gasteiger partial charge in [0, 0.05) is 14.4 Å². The minimum atomic E-state index is 0. The maximum Gasteiger partial charge on any atom is 0.226 e. The maximum absolute atomic E-state index is 10.7. The molecule has 2 nitrogen and oxygen atoms in total. The highest BCUT2D eigenvalue weighted by atomic mass is 16.2. The van der Waals surface area contributed by atoms with Crippen LogP contribution < -0.4 is 0 Å². The van der Waals surface area contributed by atoms with E-state index in [1.54, 1.807) is 11.1 Å². The second kappa shape index (κ2) is 1.99. The fraction of sp³-hybridized carbons (Fsp3) is 0.500. The first kappa shape index (κ1) is 5.35. The van der Waals surface area contributed by atoms with Crippen molar-refractivity contribution < 1.29 is 6.22 Å². The molecular formula is C6H10NO. The van der Waals surface area contributed by atoms with Crippen molar-refractivity contribution in [1.82, 2.24) is 4.90 Å². The zero-order valence-electron chi connectivity index (χ0n) is 5.76. The Morgan fingerprint density at radius 3 is 2.88 bits per heavy atom. The Hall–Kier alpha value is -0.790. The summed E-state index contributed by atoms with van der Waals surface area (Å²) in [5.74, 6) is 0.208. The Kier molecular flexibility index (Phi) is 1.33. The third-order valence-corrected chi connectivity index (χ3v) is 1.33. The molecule has 8 heavy (non-hydrogen) atoms. The minimum Gasteiger partial charge on any atom is -0.320 e. The molecule has 0 spiro atoms. The van der Waals surface area contributed by atoms with E-state index in [0.29, 0.717) is 6.42 Å². The van der Waals surface area contributed by atoms with Gasteiger partial charge in [0.15, 0.2) is 0 Å². The molecule has 0 N–H and O–H groups in total. The smallest absolute Gasteiger partial charge is 0.226 e. The van der Waals surface area contributed by atoms with E-state index in [1.807, 2.05) is 0 Å². The summed E-state index contributed by atoms with van der Waals surface area (Å²) < 4.78 is 0. The molecular weight excluding hydrogens is 102 g/mol. The number of likely N-dealkylation sites (tertiary alicyclic amines) is 1. The highest BCUT2D eigenvalue weighted by Crippen LogP contribution is 2.08. The summed E-state index contributed by atoms with van der Waals surface area (Å²) in [7, 11) is 0. The van der Waals surface area contributed by atoms with Gasteiger partial charge in [0.1, 0.15) is 0 Å². The van der Waals surface area contributed by atoms with Gasteiger partial charge in [-0.1, -0.05) is 6.58 Å². The van der Waals surface area contributed by atoms with Crippen LogP contribution >= 0.6 is 0 Å². The Morgan fingerprint density at radius 1 is 1.88 bits per heavy atom. The van der Waals surface area contributed by atoms with E-state index < -0.39 is 0 Å². The van der Waals surface area contributed by atoms with E-state index in [4.69, 9.17) is 0 Å². The van der Waals surface area contributed by atoms with Crippen molar-refractivity contribution in [3.05, 3.63) is 12.8 Å². The summed E-state index contributed by atoms with van der Waals surface area (Å²) in [5, 5.41) is 0. The van der Waals surface area contributed by atoms with Gasteiger partial charge in [-0.3, -0.25) is 4.79 Å². The summed E-state index contributed by atoms with van der Waals surface area (Å²) in [4.78, 5) is 12.3. The van der Waals surface area contributed by atoms with E-state index in [1.165, 1.54) is 0 Å². The van der Waals surface area contributed by atoms with Gasteiger partial charge >= 0.3 is 0 Å². The maximum atomic E-state index is 10.7. The first-order chi connectivity index (χ1) is 3.84. The third kappa shape index (κ3) is 0.735. The van der Waals surface area contributed by atoms with Crippen LogP contribution in [0.1, 0.15) is 14.3 Å². The second-order valence-corrected chi connectivity index (χ2v) is 1.87. The predicted octanol–water partition coefficient (Wildman–Crippen LogP) is 0.865. The number of rotatable bonds is 1. The van der Waals surface area contributed by atoms with Crippen molar-refractivity contribution in [1.29, 1.82) is 0 Å². The number of amides is 1. The molecule has 0 atom stereocenters. The summed E-state index contributed by atoms with van der Waals surface area (Å²) in [6, 6.07) is 0. The lowest BCUT2D eigenvalue weighted by atomic mass is 10.4. The molecule has 45 valence electrons. The van der Waals surface area contributed by atoms with Gasteiger partial charge in [-0.2, -0.15) is 0 Å². The molecule has 2 heteroatoms. The Labute approximate surface area is 50.3 Å². The SMILES string of the molecule is C=CN1CCCC1=O.[H]. The van der Waals surface area contributed by atoms with Crippen LogP contribution in [-0.2, 0) is 4.79 Å². The molecule has 0 aliphatic carbocycles. The fourth-order valence-electron chi connectivity index (χ4n) is 0.862. The number of carbonyl (C=O) groups is 1. The van der Waals surface area contributed by atoms with E-state index in [2.05, 4.69) is 6.58 Å². The quantitative estimate of drug-likeness (QED) is 0.492. The molecule has 1 rings (SSSR count). The van der Waals surface area contributed by atoms with Crippen molar-refractivity contribution in [3.8, 4) is 0 Å². The van der Waals surface area contributed by atoms with Crippen LogP contribution in [0.25, 0.3) is 0 Å². The Bertz CT molecular complexity index is 124. The van der Waals surface area contributed by atoms with E-state index in [-0.39, 0.29) is 7.33 Å². The molecule has 0 aromatic heterocycles. The van der Waals surface area contributed by atoms with Gasteiger partial charge in [0.25, 0.3) is 0 Å². The average molecular weight is 112 g/mol. The van der Waals surface area contributed by atoms with Gasteiger partial charge in [-0.25, -0.2) is 0 Å². The zero-order chi connectivity index (χ0) is 5.98. The molecule has 1 saturated heterocycles. The standard InChI is InChI=1S/C6H9NO.H/c1-2-7-5-3-4-6(7)8;/h2H,1,3-5H2;. The highest BCUT2D eigenvalue weighted by Gasteiger charge is 2.15. The van der Waals surface area contributed by atoms with Crippen LogP contribution in [-0.4, -0.2) is 17.4 Å². The number of hydrogen-bond donors (Lipinski definition) is 0. The lowest BCUT2D eigenvalue weighted by Crippen LogP contribution is -2.16. The number of carbonyl (C=O) groups excluding carboxylic acids is 1. The van der Waals surface area contributed by atoms with Crippen molar-refractivity contribution in [3.63, 3.8) is 0 Å². The van der Waals surface area contributed by atoms with Gasteiger partial charge in [0.2, 0.25) is 5.91 Å². The third-order valence-electron chi connectivity index (χ3n) is 1.33. The van der Waals surface area contributed by atoms with Crippen molar-refractivity contribution in [2.24, 2.45) is 0 Å². The molecule has 0 aromatic rings. The van der Waals surface area contributed by atoms with Crippen LogP contribution in [0.5, 0.6) is 0 Å². The Morgan fingerprint density at radius 2 is 2.62 bits per heavy atom. The summed E-state index contributed by atoms with van der Waals surface area (Å²) >= 11 is 0. The molecule has 1 aliphatic rings. The number of hydrogen-bond acceptors (Lipinski definition) is 1. The van der Waals surface area contributed by atoms with E-state index >= 15 is 0 Å². The van der Waals surface area contributed by atoms with Gasteiger partial charge < -0.3 is 4.90 Å². The first-order valence-electron chi connectivity index (χ1n) is 2.76. The van der Waals surface area contributed by atoms with Crippen molar-refractivity contribution in [2.75, 3.05) is 6.54 Å². The highest BCUT2D eigenvalue weighted by molar-refractivity contribution is 5.78. The average Bonchev–Trinajstić information content (AvgIpc) is 2.14. The normalized spacial score (nSPS) is 19.5. The van der Waals surface area contributed by atoms with Crippen LogP contribution in [0.4, 0.5) is 0 Å². The molecule has 1 heterocycles. The molecule has 0 bridgehead atoms. The van der Waals surface area contributed by atoms with Crippen LogP contribution in [0.3, 0.4) is 0 Å². The van der Waals surface area contributed by atoms with Crippen molar-refractivity contribution in [2.45, 2.75) is 12.8 Å². The lowest BCUT2D eigenvalue weighted by molar-refractivity contribution is -0.125. The first-order valence-corrected chi connectivity index (χ1v) is 2.76. The zero-order valence-corrected chi connectivity index (χ0v) is 4.76. The van der Waals surface area contributed by atoms with E-state index in [0.717, 1.165) is 13.0 Å². The topological polar surface area (TPSA) is 20.3 Å². The Balaban J connectivity index is 0.000000640. The lowest BCUT2D eigenvalue weighted by Gasteiger charge is -2.05. The fourth-order valence-corrected chi connectivity index (χ4v) is 0.862. The second-order valence-electron chi connectivity index (χ2n) is 1.87. The molecule has 1 amide bonds. The molecule has 1 radical (unpaired) electrons. The summed E-state index contributed by atoms with van der Waals surface area (Å²) in [6.45, 7) is 4.36. The van der Waals surface area contributed by atoms with E-state index in [9.17, 15) is 4.79 Å². The van der Waals surface area contributed by atoms with Crippen LogP contribution in [0.15, 0.2) is 12.8 Å². The summed E-state index contributed by atoms with van der Waals surface area (Å²) in [6.07, 6.45) is 3.28. The summed E-state index contributed by atoms with van der Waals surface area (Å²) in [5.41, 5.74) is 0. The molecule has 0 aromatic carbocycles. The molecule has 0 saturated carbocycles. The van der Waals surface area contributed by atoms with Gasteiger partial charge in [-0.15, -0.1) is 0 Å². The minimum absolute atomic E-state index is 0. The van der Waals surface area contributed by atoms with Crippen LogP contribution in [0, 0.1) is 0 Å². The monoisotopic (exact) mass is 112 g/mol. The van der Waals surface area contributed by atoms with Gasteiger partial charge in [0.05, 0.1) is 0 Å². The number of nitrogens with zero attached hydrogens (tertiary/aromatic N) is 1. The van der Waals surface area contributed by atoms with Crippen LogP contribution in [0.2, 0.25) is 0 Å². The van der Waals surface area contributed by atoms with Gasteiger partial charge in [-0.05, 0) is 12.6 Å². The predicted molar refractivity (Wildman–Crippen MR) is 32.3 cm³/mol. The molecule has 0 unspecified atom stereocenters. The molecule has 1 aliphatic heterocycles. The molecule has 1 fully saturated rings. The van der Waals surface area contributed by atoms with Crippen molar-refractivity contribution >= 4 is 5.91 Å².